The van der Waals surface area contributed by atoms with Crippen LogP contribution < -0.4 is 10.6 Å². The molecular weight excluding hydrogens is 288 g/mol. The second kappa shape index (κ2) is 8.27. The van der Waals surface area contributed by atoms with Crippen molar-refractivity contribution in [2.45, 2.75) is 39.5 Å². The average Bonchev–Trinajstić information content (AvgIpc) is 2.56. The van der Waals surface area contributed by atoms with Crippen LogP contribution in [0.1, 0.15) is 55.6 Å². The van der Waals surface area contributed by atoms with Gasteiger partial charge in [-0.25, -0.2) is 0 Å². The largest absolute Gasteiger partial charge is 0.369 e. The Morgan fingerprint density at radius 3 is 2.57 bits per heavy atom. The van der Waals surface area contributed by atoms with E-state index in [2.05, 4.69) is 41.6 Å². The highest BCUT2D eigenvalue weighted by molar-refractivity contribution is 6.03. The lowest BCUT2D eigenvalue weighted by Crippen LogP contribution is -2.16. The Balaban J connectivity index is 2.04. The molecule has 1 aromatic heterocycles. The number of nitrogens with one attached hydrogen (secondary N) is 2. The smallest absolute Gasteiger partial charge is 0.276 e. The first-order chi connectivity index (χ1) is 11.1. The van der Waals surface area contributed by atoms with Gasteiger partial charge in [0.05, 0.1) is 0 Å². The van der Waals surface area contributed by atoms with E-state index in [9.17, 15) is 4.79 Å². The number of rotatable bonds is 7. The molecule has 0 radical (unpaired) electrons. The third kappa shape index (κ3) is 4.77. The van der Waals surface area contributed by atoms with Crippen molar-refractivity contribution in [2.24, 2.45) is 0 Å². The summed E-state index contributed by atoms with van der Waals surface area (Å²) in [6.07, 6.45) is 2.20. The van der Waals surface area contributed by atoms with Gasteiger partial charge < -0.3 is 10.6 Å². The fourth-order valence-corrected chi connectivity index (χ4v) is 2.24. The predicted molar refractivity (Wildman–Crippen MR) is 93.9 cm³/mol. The molecule has 2 N–H and O–H groups in total. The van der Waals surface area contributed by atoms with Crippen LogP contribution >= 0.6 is 0 Å². The van der Waals surface area contributed by atoms with Crippen molar-refractivity contribution in [3.05, 3.63) is 47.7 Å². The standard InChI is InChI=1S/C18H24N4O/c1-4-5-12-19-17-11-10-16(21-22-17)18(23)20-15-9-7-6-8-14(15)13(2)3/h6-11,13H,4-5,12H2,1-3H3,(H,19,22)(H,20,23). The Morgan fingerprint density at radius 2 is 1.91 bits per heavy atom. The van der Waals surface area contributed by atoms with Crippen LogP contribution in [0, 0.1) is 0 Å². The first-order valence-corrected chi connectivity index (χ1v) is 8.09. The zero-order valence-corrected chi connectivity index (χ0v) is 14.0. The number of anilines is 2. The van der Waals surface area contributed by atoms with Gasteiger partial charge >= 0.3 is 0 Å². The van der Waals surface area contributed by atoms with Gasteiger partial charge in [0, 0.05) is 12.2 Å². The number of hydrogen-bond acceptors (Lipinski definition) is 4. The molecule has 122 valence electrons. The van der Waals surface area contributed by atoms with E-state index in [-0.39, 0.29) is 5.91 Å². The highest BCUT2D eigenvalue weighted by atomic mass is 16.1. The molecule has 1 amide bonds. The fraction of sp³-hybridized carbons (Fsp3) is 0.389. The van der Waals surface area contributed by atoms with Crippen molar-refractivity contribution in [1.29, 1.82) is 0 Å². The molecule has 5 nitrogen and oxygen atoms in total. The van der Waals surface area contributed by atoms with Crippen LogP contribution in [-0.4, -0.2) is 22.6 Å². The maximum Gasteiger partial charge on any atom is 0.276 e. The van der Waals surface area contributed by atoms with Gasteiger partial charge in [0.1, 0.15) is 5.82 Å². The predicted octanol–water partition coefficient (Wildman–Crippen LogP) is 4.06. The van der Waals surface area contributed by atoms with E-state index < -0.39 is 0 Å². The minimum Gasteiger partial charge on any atom is -0.369 e. The third-order valence-electron chi connectivity index (χ3n) is 3.56. The first-order valence-electron chi connectivity index (χ1n) is 8.09. The van der Waals surface area contributed by atoms with E-state index >= 15 is 0 Å². The van der Waals surface area contributed by atoms with E-state index in [1.165, 1.54) is 0 Å². The van der Waals surface area contributed by atoms with E-state index in [1.54, 1.807) is 12.1 Å². The van der Waals surface area contributed by atoms with Crippen molar-refractivity contribution >= 4 is 17.4 Å². The molecule has 0 spiro atoms. The highest BCUT2D eigenvalue weighted by Gasteiger charge is 2.12. The summed E-state index contributed by atoms with van der Waals surface area (Å²) in [6.45, 7) is 7.19. The number of nitrogens with zero attached hydrogens (tertiary/aromatic N) is 2. The lowest BCUT2D eigenvalue weighted by Gasteiger charge is -2.13. The number of hydrogen-bond donors (Lipinski definition) is 2. The molecule has 0 aliphatic carbocycles. The lowest BCUT2D eigenvalue weighted by molar-refractivity contribution is 0.102. The Kier molecular flexibility index (Phi) is 6.09. The molecule has 0 aliphatic rings. The van der Waals surface area contributed by atoms with E-state index in [0.29, 0.717) is 17.4 Å². The lowest BCUT2D eigenvalue weighted by atomic mass is 10.0. The van der Waals surface area contributed by atoms with Gasteiger partial charge in [0.15, 0.2) is 5.69 Å². The molecule has 5 heteroatoms. The molecule has 0 unspecified atom stereocenters. The summed E-state index contributed by atoms with van der Waals surface area (Å²) >= 11 is 0. The van der Waals surface area contributed by atoms with Crippen LogP contribution in [0.3, 0.4) is 0 Å². The molecule has 0 aliphatic heterocycles. The van der Waals surface area contributed by atoms with Gasteiger partial charge in [-0.05, 0) is 36.1 Å². The maximum absolute atomic E-state index is 12.3. The normalized spacial score (nSPS) is 10.6. The van der Waals surface area contributed by atoms with Crippen molar-refractivity contribution in [1.82, 2.24) is 10.2 Å². The number of carbonyl (C=O) groups is 1. The number of aromatic nitrogens is 2. The number of benzene rings is 1. The fourth-order valence-electron chi connectivity index (χ4n) is 2.24. The van der Waals surface area contributed by atoms with Gasteiger partial charge in [0.2, 0.25) is 0 Å². The van der Waals surface area contributed by atoms with E-state index in [0.717, 1.165) is 30.6 Å². The van der Waals surface area contributed by atoms with Crippen LogP contribution in [0.2, 0.25) is 0 Å². The second-order valence-electron chi connectivity index (χ2n) is 5.78. The van der Waals surface area contributed by atoms with Gasteiger partial charge in [-0.15, -0.1) is 10.2 Å². The average molecular weight is 312 g/mol. The minimum atomic E-state index is -0.245. The van der Waals surface area contributed by atoms with Gasteiger partial charge in [-0.3, -0.25) is 4.79 Å². The summed E-state index contributed by atoms with van der Waals surface area (Å²) < 4.78 is 0. The Morgan fingerprint density at radius 1 is 1.13 bits per heavy atom. The van der Waals surface area contributed by atoms with Gasteiger partial charge in [-0.2, -0.15) is 0 Å². The van der Waals surface area contributed by atoms with Crippen LogP contribution in [0.15, 0.2) is 36.4 Å². The molecule has 0 fully saturated rings. The first kappa shape index (κ1) is 16.9. The monoisotopic (exact) mass is 312 g/mol. The second-order valence-corrected chi connectivity index (χ2v) is 5.78. The van der Waals surface area contributed by atoms with Crippen LogP contribution in [0.25, 0.3) is 0 Å². The Labute approximate surface area is 137 Å². The quantitative estimate of drug-likeness (QED) is 0.756. The number of para-hydroxylation sites is 1. The topological polar surface area (TPSA) is 66.9 Å². The maximum atomic E-state index is 12.3. The summed E-state index contributed by atoms with van der Waals surface area (Å²) in [7, 11) is 0. The molecule has 2 aromatic rings. The van der Waals surface area contributed by atoms with Crippen molar-refractivity contribution in [3.8, 4) is 0 Å². The third-order valence-corrected chi connectivity index (χ3v) is 3.56. The van der Waals surface area contributed by atoms with E-state index in [4.69, 9.17) is 0 Å². The molecule has 23 heavy (non-hydrogen) atoms. The van der Waals surface area contributed by atoms with E-state index in [1.807, 2.05) is 24.3 Å². The molecule has 0 saturated heterocycles. The summed E-state index contributed by atoms with van der Waals surface area (Å²) in [6, 6.07) is 11.3. The van der Waals surface area contributed by atoms with Crippen LogP contribution in [-0.2, 0) is 0 Å². The summed E-state index contributed by atoms with van der Waals surface area (Å²) in [5.41, 5.74) is 2.23. The molecule has 0 atom stereocenters. The Hall–Kier alpha value is -2.43. The van der Waals surface area contributed by atoms with Crippen LogP contribution in [0.4, 0.5) is 11.5 Å². The van der Waals surface area contributed by atoms with Crippen molar-refractivity contribution < 1.29 is 4.79 Å². The SMILES string of the molecule is CCCCNc1ccc(C(=O)Nc2ccccc2C(C)C)nn1. The highest BCUT2D eigenvalue weighted by Crippen LogP contribution is 2.24. The number of unbranched alkanes of at least 4 members (excludes halogenated alkanes) is 1. The molecule has 0 saturated carbocycles. The molecule has 1 heterocycles. The van der Waals surface area contributed by atoms with Gasteiger partial charge in [0.25, 0.3) is 5.91 Å². The Bertz CT molecular complexity index is 638. The minimum absolute atomic E-state index is 0.245. The zero-order valence-electron chi connectivity index (χ0n) is 14.0. The van der Waals surface area contributed by atoms with Crippen LogP contribution in [0.5, 0.6) is 0 Å². The molecule has 0 bridgehead atoms. The van der Waals surface area contributed by atoms with Crippen molar-refractivity contribution in [3.63, 3.8) is 0 Å². The summed E-state index contributed by atoms with van der Waals surface area (Å²) in [4.78, 5) is 12.3. The molecule has 1 aromatic carbocycles. The van der Waals surface area contributed by atoms with Crippen molar-refractivity contribution in [2.75, 3.05) is 17.2 Å². The summed E-state index contributed by atoms with van der Waals surface area (Å²) in [5.74, 6) is 0.783. The van der Waals surface area contributed by atoms with Gasteiger partial charge in [-0.1, -0.05) is 45.4 Å². The molecular formula is C18H24N4O. The molecule has 2 rings (SSSR count). The zero-order chi connectivity index (χ0) is 16.7. The number of amides is 1. The summed E-state index contributed by atoms with van der Waals surface area (Å²) in [5, 5.41) is 14.2. The number of carbonyl (C=O) groups excluding carboxylic acids is 1.